The molecule has 0 bridgehead atoms. The number of alkyl halides is 1. The summed E-state index contributed by atoms with van der Waals surface area (Å²) in [6, 6.07) is 3.64. The first-order valence-corrected chi connectivity index (χ1v) is 8.08. The number of hydrogen-bond donors (Lipinski definition) is 1. The fourth-order valence-corrected chi connectivity index (χ4v) is 3.73. The molecule has 2 unspecified atom stereocenters. The Balaban J connectivity index is 1.91. The molecule has 0 aliphatic heterocycles. The van der Waals surface area contributed by atoms with Crippen molar-refractivity contribution in [3.63, 3.8) is 0 Å². The fourth-order valence-electron chi connectivity index (χ4n) is 2.45. The van der Waals surface area contributed by atoms with E-state index in [0.29, 0.717) is 17.5 Å². The van der Waals surface area contributed by atoms with Crippen molar-refractivity contribution in [2.45, 2.75) is 19.3 Å². The van der Waals surface area contributed by atoms with E-state index in [1.807, 2.05) is 6.07 Å². The second kappa shape index (κ2) is 6.66. The second-order valence-corrected chi connectivity index (χ2v) is 6.15. The van der Waals surface area contributed by atoms with Gasteiger partial charge >= 0.3 is 0 Å². The standard InChI is InChI=1S/C13H16Br2N2O/c14-7-9-3-1-4-10(9)8-17-13(18)12-11(15)5-2-6-16-12/h2,5-6,9-10H,1,3-4,7-8H2,(H,17,18). The maximum absolute atomic E-state index is 12.0. The maximum atomic E-state index is 12.0. The average Bonchev–Trinajstić information content (AvgIpc) is 2.84. The number of carbonyl (C=O) groups is 1. The van der Waals surface area contributed by atoms with Crippen LogP contribution < -0.4 is 5.32 Å². The predicted octanol–water partition coefficient (Wildman–Crippen LogP) is 3.39. The van der Waals surface area contributed by atoms with Crippen molar-refractivity contribution in [2.24, 2.45) is 11.8 Å². The van der Waals surface area contributed by atoms with Crippen molar-refractivity contribution in [3.05, 3.63) is 28.5 Å². The normalized spacial score (nSPS) is 23.0. The number of rotatable bonds is 4. The topological polar surface area (TPSA) is 42.0 Å². The molecular formula is C13H16Br2N2O. The monoisotopic (exact) mass is 374 g/mol. The minimum Gasteiger partial charge on any atom is -0.350 e. The Morgan fingerprint density at radius 2 is 2.22 bits per heavy atom. The lowest BCUT2D eigenvalue weighted by atomic mass is 9.98. The van der Waals surface area contributed by atoms with Gasteiger partial charge in [-0.25, -0.2) is 4.98 Å². The van der Waals surface area contributed by atoms with Gasteiger partial charge in [0.15, 0.2) is 0 Å². The average molecular weight is 376 g/mol. The Labute approximate surface area is 124 Å². The zero-order chi connectivity index (χ0) is 13.0. The van der Waals surface area contributed by atoms with Crippen LogP contribution in [-0.2, 0) is 0 Å². The lowest BCUT2D eigenvalue weighted by Crippen LogP contribution is -2.31. The molecule has 0 spiro atoms. The summed E-state index contributed by atoms with van der Waals surface area (Å²) < 4.78 is 0.742. The third-order valence-corrected chi connectivity index (χ3v) is 4.98. The van der Waals surface area contributed by atoms with Crippen LogP contribution in [0.1, 0.15) is 29.8 Å². The van der Waals surface area contributed by atoms with Crippen molar-refractivity contribution in [1.82, 2.24) is 10.3 Å². The molecule has 1 heterocycles. The smallest absolute Gasteiger partial charge is 0.271 e. The van der Waals surface area contributed by atoms with Gasteiger partial charge in [-0.2, -0.15) is 0 Å². The van der Waals surface area contributed by atoms with Crippen molar-refractivity contribution in [2.75, 3.05) is 11.9 Å². The number of pyridine rings is 1. The minimum absolute atomic E-state index is 0.0947. The summed E-state index contributed by atoms with van der Waals surface area (Å²) in [6.07, 6.45) is 5.37. The molecule has 3 nitrogen and oxygen atoms in total. The Kier molecular flexibility index (Phi) is 5.18. The highest BCUT2D eigenvalue weighted by atomic mass is 79.9. The molecule has 1 amide bonds. The van der Waals surface area contributed by atoms with Gasteiger partial charge in [-0.05, 0) is 52.7 Å². The summed E-state index contributed by atoms with van der Waals surface area (Å²) in [5.41, 5.74) is 0.464. The number of aromatic nitrogens is 1. The summed E-state index contributed by atoms with van der Waals surface area (Å²) >= 11 is 6.89. The van der Waals surface area contributed by atoms with Gasteiger partial charge < -0.3 is 5.32 Å². The largest absolute Gasteiger partial charge is 0.350 e. The molecule has 0 aromatic carbocycles. The first-order valence-electron chi connectivity index (χ1n) is 6.17. The molecule has 0 saturated heterocycles. The lowest BCUT2D eigenvalue weighted by Gasteiger charge is -2.17. The molecule has 0 radical (unpaired) electrons. The van der Waals surface area contributed by atoms with E-state index in [0.717, 1.165) is 16.3 Å². The lowest BCUT2D eigenvalue weighted by molar-refractivity contribution is 0.0939. The second-order valence-electron chi connectivity index (χ2n) is 4.65. The van der Waals surface area contributed by atoms with E-state index in [-0.39, 0.29) is 5.91 Å². The van der Waals surface area contributed by atoms with E-state index in [2.05, 4.69) is 42.2 Å². The van der Waals surface area contributed by atoms with E-state index in [1.54, 1.807) is 12.3 Å². The van der Waals surface area contributed by atoms with Crippen LogP contribution in [0, 0.1) is 11.8 Å². The molecule has 1 aliphatic carbocycles. The molecule has 1 aliphatic rings. The van der Waals surface area contributed by atoms with Crippen LogP contribution in [-0.4, -0.2) is 22.8 Å². The van der Waals surface area contributed by atoms with E-state index >= 15 is 0 Å². The molecule has 5 heteroatoms. The highest BCUT2D eigenvalue weighted by molar-refractivity contribution is 9.10. The number of carbonyl (C=O) groups excluding carboxylic acids is 1. The summed E-state index contributed by atoms with van der Waals surface area (Å²) in [6.45, 7) is 0.748. The van der Waals surface area contributed by atoms with Gasteiger partial charge in [0.25, 0.3) is 5.91 Å². The fraction of sp³-hybridized carbons (Fsp3) is 0.538. The van der Waals surface area contributed by atoms with E-state index in [9.17, 15) is 4.79 Å². The molecule has 1 fully saturated rings. The van der Waals surface area contributed by atoms with Crippen molar-refractivity contribution < 1.29 is 4.79 Å². The van der Waals surface area contributed by atoms with E-state index < -0.39 is 0 Å². The quantitative estimate of drug-likeness (QED) is 0.819. The van der Waals surface area contributed by atoms with Gasteiger partial charge in [-0.1, -0.05) is 22.4 Å². The van der Waals surface area contributed by atoms with Crippen molar-refractivity contribution >= 4 is 37.8 Å². The molecule has 2 atom stereocenters. The number of nitrogens with zero attached hydrogens (tertiary/aromatic N) is 1. The minimum atomic E-state index is -0.0947. The molecular weight excluding hydrogens is 360 g/mol. The number of hydrogen-bond acceptors (Lipinski definition) is 2. The zero-order valence-electron chi connectivity index (χ0n) is 10.0. The molecule has 1 aromatic heterocycles. The Morgan fingerprint density at radius 1 is 1.44 bits per heavy atom. The number of amides is 1. The van der Waals surface area contributed by atoms with Gasteiger partial charge in [0.2, 0.25) is 0 Å². The van der Waals surface area contributed by atoms with Crippen LogP contribution in [0.25, 0.3) is 0 Å². The van der Waals surface area contributed by atoms with E-state index in [1.165, 1.54) is 19.3 Å². The van der Waals surface area contributed by atoms with E-state index in [4.69, 9.17) is 0 Å². The maximum Gasteiger partial charge on any atom is 0.271 e. The molecule has 1 aromatic rings. The SMILES string of the molecule is O=C(NCC1CCCC1CBr)c1ncccc1Br. The Bertz CT molecular complexity index is 425. The third-order valence-electron chi connectivity index (χ3n) is 3.51. The van der Waals surface area contributed by atoms with Gasteiger partial charge in [0, 0.05) is 22.5 Å². The van der Waals surface area contributed by atoms with Crippen LogP contribution >= 0.6 is 31.9 Å². The van der Waals surface area contributed by atoms with Gasteiger partial charge in [0.05, 0.1) is 0 Å². The molecule has 1 N–H and O–H groups in total. The third kappa shape index (κ3) is 3.32. The summed E-state index contributed by atoms with van der Waals surface area (Å²) in [4.78, 5) is 16.1. The van der Waals surface area contributed by atoms with Crippen molar-refractivity contribution in [1.29, 1.82) is 0 Å². The molecule has 1 saturated carbocycles. The van der Waals surface area contributed by atoms with Gasteiger partial charge in [-0.3, -0.25) is 4.79 Å². The highest BCUT2D eigenvalue weighted by Crippen LogP contribution is 2.32. The summed E-state index contributed by atoms with van der Waals surface area (Å²) in [5.74, 6) is 1.19. The van der Waals surface area contributed by atoms with Crippen LogP contribution in [0.4, 0.5) is 0 Å². The first-order chi connectivity index (χ1) is 8.72. The zero-order valence-corrected chi connectivity index (χ0v) is 13.2. The molecule has 2 rings (SSSR count). The van der Waals surface area contributed by atoms with Crippen LogP contribution in [0.5, 0.6) is 0 Å². The number of nitrogens with one attached hydrogen (secondary N) is 1. The summed E-state index contributed by atoms with van der Waals surface area (Å²) in [5, 5.41) is 4.02. The molecule has 18 heavy (non-hydrogen) atoms. The van der Waals surface area contributed by atoms with Crippen LogP contribution in [0.3, 0.4) is 0 Å². The number of halogens is 2. The molecule has 98 valence electrons. The van der Waals surface area contributed by atoms with Gasteiger partial charge in [0.1, 0.15) is 5.69 Å². The first kappa shape index (κ1) is 14.0. The van der Waals surface area contributed by atoms with Crippen molar-refractivity contribution in [3.8, 4) is 0 Å². The van der Waals surface area contributed by atoms with Gasteiger partial charge in [-0.15, -0.1) is 0 Å². The highest BCUT2D eigenvalue weighted by Gasteiger charge is 2.26. The Hall–Kier alpha value is -0.420. The Morgan fingerprint density at radius 3 is 2.94 bits per heavy atom. The summed E-state index contributed by atoms with van der Waals surface area (Å²) in [7, 11) is 0. The van der Waals surface area contributed by atoms with Crippen LogP contribution in [0.2, 0.25) is 0 Å². The van der Waals surface area contributed by atoms with Crippen LogP contribution in [0.15, 0.2) is 22.8 Å². The predicted molar refractivity (Wildman–Crippen MR) is 78.9 cm³/mol.